The third-order valence-electron chi connectivity index (χ3n) is 2.89. The molecule has 0 saturated carbocycles. The molecule has 0 spiro atoms. The first-order valence-corrected chi connectivity index (χ1v) is 7.36. The molecule has 5 heteroatoms. The van der Waals surface area contributed by atoms with Gasteiger partial charge in [0.1, 0.15) is 18.5 Å². The van der Waals surface area contributed by atoms with Crippen LogP contribution in [0.25, 0.3) is 0 Å². The first-order valence-electron chi connectivity index (χ1n) is 6.61. The van der Waals surface area contributed by atoms with Crippen LogP contribution < -0.4 is 10.1 Å². The third-order valence-corrected chi connectivity index (χ3v) is 3.63. The van der Waals surface area contributed by atoms with E-state index >= 15 is 0 Å². The molecule has 2 rings (SSSR count). The Hall–Kier alpha value is -1.42. The van der Waals surface area contributed by atoms with Gasteiger partial charge in [-0.1, -0.05) is 35.3 Å². The Kier molecular flexibility index (Phi) is 5.74. The molecular weight excluding hydrogens is 309 g/mol. The lowest BCUT2D eigenvalue weighted by Crippen LogP contribution is -2.26. The predicted octanol–water partition coefficient (Wildman–Crippen LogP) is 4.15. The molecule has 0 fully saturated rings. The second kappa shape index (κ2) is 7.55. The summed E-state index contributed by atoms with van der Waals surface area (Å²) in [4.78, 5) is 0. The quantitative estimate of drug-likeness (QED) is 0.838. The highest BCUT2D eigenvalue weighted by Crippen LogP contribution is 2.24. The maximum atomic E-state index is 9.92. The van der Waals surface area contributed by atoms with Crippen LogP contribution in [0.15, 0.2) is 42.5 Å². The molecule has 0 aromatic heterocycles. The third kappa shape index (κ3) is 5.12. The summed E-state index contributed by atoms with van der Waals surface area (Å²) in [5.74, 6) is 0.753. The Morgan fingerprint density at radius 3 is 2.67 bits per heavy atom. The van der Waals surface area contributed by atoms with Crippen LogP contribution in [0.2, 0.25) is 10.0 Å². The van der Waals surface area contributed by atoms with E-state index in [1.165, 1.54) is 0 Å². The van der Waals surface area contributed by atoms with Gasteiger partial charge < -0.3 is 15.2 Å². The SMILES string of the molecule is Cc1cccc(OCC(O)CNc2ccc(Cl)c(Cl)c2)c1. The summed E-state index contributed by atoms with van der Waals surface area (Å²) in [6, 6.07) is 13.0. The largest absolute Gasteiger partial charge is 0.491 e. The van der Waals surface area contributed by atoms with E-state index in [2.05, 4.69) is 5.32 Å². The van der Waals surface area contributed by atoms with E-state index in [0.717, 1.165) is 17.0 Å². The van der Waals surface area contributed by atoms with E-state index < -0.39 is 6.10 Å². The molecule has 0 amide bonds. The summed E-state index contributed by atoms with van der Waals surface area (Å²) in [5.41, 5.74) is 1.93. The summed E-state index contributed by atoms with van der Waals surface area (Å²) in [5, 5.41) is 14.0. The molecule has 0 saturated heterocycles. The lowest BCUT2D eigenvalue weighted by molar-refractivity contribution is 0.117. The number of hydrogen-bond acceptors (Lipinski definition) is 3. The average molecular weight is 326 g/mol. The number of halogens is 2. The highest BCUT2D eigenvalue weighted by molar-refractivity contribution is 6.42. The highest BCUT2D eigenvalue weighted by Gasteiger charge is 2.06. The number of rotatable bonds is 6. The molecule has 0 aliphatic carbocycles. The highest BCUT2D eigenvalue weighted by atomic mass is 35.5. The van der Waals surface area contributed by atoms with Crippen molar-refractivity contribution in [3.8, 4) is 5.75 Å². The van der Waals surface area contributed by atoms with Crippen LogP contribution in [-0.2, 0) is 0 Å². The zero-order chi connectivity index (χ0) is 15.2. The Labute approximate surface area is 134 Å². The number of ether oxygens (including phenoxy) is 1. The van der Waals surface area contributed by atoms with E-state index in [0.29, 0.717) is 16.6 Å². The smallest absolute Gasteiger partial charge is 0.119 e. The molecule has 21 heavy (non-hydrogen) atoms. The fourth-order valence-electron chi connectivity index (χ4n) is 1.80. The molecule has 0 heterocycles. The van der Waals surface area contributed by atoms with E-state index in [1.807, 2.05) is 37.3 Å². The fraction of sp³-hybridized carbons (Fsp3) is 0.250. The normalized spacial score (nSPS) is 12.0. The Morgan fingerprint density at radius 2 is 1.95 bits per heavy atom. The second-order valence-electron chi connectivity index (χ2n) is 4.79. The topological polar surface area (TPSA) is 41.5 Å². The minimum absolute atomic E-state index is 0.220. The molecule has 2 N–H and O–H groups in total. The van der Waals surface area contributed by atoms with Crippen molar-refractivity contribution >= 4 is 28.9 Å². The molecule has 0 radical (unpaired) electrons. The monoisotopic (exact) mass is 325 g/mol. The standard InChI is InChI=1S/C16H17Cl2NO2/c1-11-3-2-4-14(7-11)21-10-13(20)9-19-12-5-6-15(17)16(18)8-12/h2-8,13,19-20H,9-10H2,1H3. The van der Waals surface area contributed by atoms with Gasteiger partial charge in [0.15, 0.2) is 0 Å². The van der Waals surface area contributed by atoms with Crippen LogP contribution in [0.5, 0.6) is 5.75 Å². The van der Waals surface area contributed by atoms with E-state index in [-0.39, 0.29) is 6.61 Å². The van der Waals surface area contributed by atoms with Gasteiger partial charge in [-0.2, -0.15) is 0 Å². The number of aliphatic hydroxyl groups is 1. The maximum absolute atomic E-state index is 9.92. The Balaban J connectivity index is 1.79. The van der Waals surface area contributed by atoms with Crippen molar-refractivity contribution in [1.82, 2.24) is 0 Å². The van der Waals surface area contributed by atoms with Gasteiger partial charge in [-0.15, -0.1) is 0 Å². The Morgan fingerprint density at radius 1 is 1.14 bits per heavy atom. The molecule has 2 aromatic rings. The molecule has 0 bridgehead atoms. The van der Waals surface area contributed by atoms with Gasteiger partial charge in [-0.3, -0.25) is 0 Å². The summed E-state index contributed by atoms with van der Waals surface area (Å²) < 4.78 is 5.54. The zero-order valence-electron chi connectivity index (χ0n) is 11.6. The van der Waals surface area contributed by atoms with Crippen molar-refractivity contribution in [3.63, 3.8) is 0 Å². The zero-order valence-corrected chi connectivity index (χ0v) is 13.2. The first kappa shape index (κ1) is 16.0. The molecular formula is C16H17Cl2NO2. The van der Waals surface area contributed by atoms with E-state index in [9.17, 15) is 5.11 Å². The summed E-state index contributed by atoms with van der Waals surface area (Å²) in [6.45, 7) is 2.58. The van der Waals surface area contributed by atoms with E-state index in [1.54, 1.807) is 12.1 Å². The van der Waals surface area contributed by atoms with Gasteiger partial charge in [0, 0.05) is 12.2 Å². The van der Waals surface area contributed by atoms with Crippen molar-refractivity contribution in [2.24, 2.45) is 0 Å². The Bertz CT molecular complexity index is 605. The fourth-order valence-corrected chi connectivity index (χ4v) is 2.10. The van der Waals surface area contributed by atoms with Crippen LogP contribution in [0.4, 0.5) is 5.69 Å². The molecule has 3 nitrogen and oxygen atoms in total. The number of aliphatic hydroxyl groups excluding tert-OH is 1. The number of aryl methyl sites for hydroxylation is 1. The molecule has 0 aliphatic rings. The van der Waals surface area contributed by atoms with Crippen molar-refractivity contribution < 1.29 is 9.84 Å². The number of benzene rings is 2. The van der Waals surface area contributed by atoms with Gasteiger partial charge in [0.2, 0.25) is 0 Å². The van der Waals surface area contributed by atoms with Crippen LogP contribution in [0.1, 0.15) is 5.56 Å². The number of anilines is 1. The minimum atomic E-state index is -0.625. The van der Waals surface area contributed by atoms with Crippen LogP contribution in [0, 0.1) is 6.92 Å². The first-order chi connectivity index (χ1) is 10.0. The van der Waals surface area contributed by atoms with Crippen LogP contribution in [-0.4, -0.2) is 24.4 Å². The van der Waals surface area contributed by atoms with Gasteiger partial charge >= 0.3 is 0 Å². The molecule has 0 aliphatic heterocycles. The van der Waals surface area contributed by atoms with Gasteiger partial charge in [-0.25, -0.2) is 0 Å². The van der Waals surface area contributed by atoms with Gasteiger partial charge in [0.05, 0.1) is 10.0 Å². The van der Waals surface area contributed by atoms with Gasteiger partial charge in [0.25, 0.3) is 0 Å². The summed E-state index contributed by atoms with van der Waals surface area (Å²) in [7, 11) is 0. The predicted molar refractivity (Wildman–Crippen MR) is 87.6 cm³/mol. The van der Waals surface area contributed by atoms with Crippen molar-refractivity contribution in [1.29, 1.82) is 0 Å². The van der Waals surface area contributed by atoms with Crippen LogP contribution >= 0.6 is 23.2 Å². The summed E-state index contributed by atoms with van der Waals surface area (Å²) in [6.07, 6.45) is -0.625. The van der Waals surface area contributed by atoms with Crippen molar-refractivity contribution in [2.45, 2.75) is 13.0 Å². The molecule has 1 atom stereocenters. The van der Waals surface area contributed by atoms with Crippen LogP contribution in [0.3, 0.4) is 0 Å². The van der Waals surface area contributed by atoms with Gasteiger partial charge in [-0.05, 0) is 42.8 Å². The average Bonchev–Trinajstić information content (AvgIpc) is 2.46. The van der Waals surface area contributed by atoms with E-state index in [4.69, 9.17) is 27.9 Å². The maximum Gasteiger partial charge on any atom is 0.119 e. The lowest BCUT2D eigenvalue weighted by atomic mass is 10.2. The lowest BCUT2D eigenvalue weighted by Gasteiger charge is -2.14. The number of hydrogen-bond donors (Lipinski definition) is 2. The van der Waals surface area contributed by atoms with Crippen molar-refractivity contribution in [3.05, 3.63) is 58.1 Å². The molecule has 1 unspecified atom stereocenters. The summed E-state index contributed by atoms with van der Waals surface area (Å²) >= 11 is 11.8. The molecule has 2 aromatic carbocycles. The number of nitrogens with one attached hydrogen (secondary N) is 1. The van der Waals surface area contributed by atoms with Crippen molar-refractivity contribution in [2.75, 3.05) is 18.5 Å². The second-order valence-corrected chi connectivity index (χ2v) is 5.61. The minimum Gasteiger partial charge on any atom is -0.491 e. The molecule has 112 valence electrons.